The van der Waals surface area contributed by atoms with Crippen LogP contribution in [-0.4, -0.2) is 22.0 Å². The van der Waals surface area contributed by atoms with Gasteiger partial charge in [-0.05, 0) is 36.5 Å². The molecule has 7 heteroatoms. The first-order chi connectivity index (χ1) is 15.5. The number of carbonyl (C=O) groups is 2. The van der Waals surface area contributed by atoms with Crippen LogP contribution in [0.5, 0.6) is 0 Å². The summed E-state index contributed by atoms with van der Waals surface area (Å²) in [6.45, 7) is 4.00. The van der Waals surface area contributed by atoms with E-state index in [1.165, 1.54) is 0 Å². The predicted octanol–water partition coefficient (Wildman–Crippen LogP) is 4.32. The molecule has 2 N–H and O–H groups in total. The van der Waals surface area contributed by atoms with Gasteiger partial charge in [-0.1, -0.05) is 67.5 Å². The van der Waals surface area contributed by atoms with Crippen molar-refractivity contribution in [3.05, 3.63) is 83.5 Å². The molecule has 1 saturated carbocycles. The van der Waals surface area contributed by atoms with Crippen LogP contribution in [-0.2, 0) is 4.79 Å². The number of rotatable bonds is 9. The van der Waals surface area contributed by atoms with Gasteiger partial charge < -0.3 is 15.2 Å². The Kier molecular flexibility index (Phi) is 6.63. The largest absolute Gasteiger partial charge is 0.345 e. The smallest absolute Gasteiger partial charge is 0.251 e. The van der Waals surface area contributed by atoms with E-state index >= 15 is 0 Å². The first-order valence-electron chi connectivity index (χ1n) is 11.0. The first kappa shape index (κ1) is 21.7. The van der Waals surface area contributed by atoms with E-state index < -0.39 is 6.04 Å². The van der Waals surface area contributed by atoms with E-state index in [1.54, 1.807) is 12.1 Å². The molecule has 0 aliphatic heterocycles. The molecule has 1 fully saturated rings. The average molecular weight is 433 g/mol. The molecule has 1 aliphatic rings. The van der Waals surface area contributed by atoms with E-state index in [0.29, 0.717) is 17.4 Å². The van der Waals surface area contributed by atoms with Crippen LogP contribution in [0.4, 0.5) is 0 Å². The van der Waals surface area contributed by atoms with Crippen molar-refractivity contribution in [2.24, 2.45) is 5.92 Å². The zero-order chi connectivity index (χ0) is 22.5. The Bertz CT molecular complexity index is 1050. The molecule has 32 heavy (non-hydrogen) atoms. The van der Waals surface area contributed by atoms with Crippen molar-refractivity contribution in [2.45, 2.75) is 51.1 Å². The van der Waals surface area contributed by atoms with Gasteiger partial charge in [-0.15, -0.1) is 0 Å². The lowest BCUT2D eigenvalue weighted by Gasteiger charge is -2.22. The molecule has 2 amide bonds. The van der Waals surface area contributed by atoms with Gasteiger partial charge in [0.05, 0.1) is 12.5 Å². The number of hydrogen-bond donors (Lipinski definition) is 2. The topological polar surface area (TPSA) is 97.1 Å². The maximum atomic E-state index is 13.0. The summed E-state index contributed by atoms with van der Waals surface area (Å²) in [6.07, 6.45) is 2.25. The fraction of sp³-hybridized carbons (Fsp3) is 0.360. The third kappa shape index (κ3) is 5.41. The Hall–Kier alpha value is -3.48. The minimum Gasteiger partial charge on any atom is -0.345 e. The van der Waals surface area contributed by atoms with Gasteiger partial charge in [0, 0.05) is 11.5 Å². The molecule has 1 heterocycles. The Morgan fingerprint density at radius 2 is 1.66 bits per heavy atom. The second-order valence-corrected chi connectivity index (χ2v) is 8.56. The third-order valence-corrected chi connectivity index (χ3v) is 5.58. The van der Waals surface area contributed by atoms with E-state index in [1.807, 2.05) is 62.4 Å². The SMILES string of the molecule is CC(C)C(NC(=O)CC(NC(=O)c1ccccc1)c1ccccc1)c1nc(C2CC2)no1. The van der Waals surface area contributed by atoms with Crippen LogP contribution in [0.2, 0.25) is 0 Å². The van der Waals surface area contributed by atoms with Gasteiger partial charge >= 0.3 is 0 Å². The molecule has 4 rings (SSSR count). The van der Waals surface area contributed by atoms with E-state index in [4.69, 9.17) is 4.52 Å². The highest BCUT2D eigenvalue weighted by Gasteiger charge is 2.32. The van der Waals surface area contributed by atoms with Crippen molar-refractivity contribution in [1.82, 2.24) is 20.8 Å². The number of nitrogens with zero attached hydrogens (tertiary/aromatic N) is 2. The van der Waals surface area contributed by atoms with Crippen LogP contribution in [0, 0.1) is 5.92 Å². The summed E-state index contributed by atoms with van der Waals surface area (Å²) < 4.78 is 5.46. The first-order valence-corrected chi connectivity index (χ1v) is 11.0. The van der Waals surface area contributed by atoms with Crippen LogP contribution in [0.15, 0.2) is 65.2 Å². The molecule has 7 nitrogen and oxygen atoms in total. The summed E-state index contributed by atoms with van der Waals surface area (Å²) in [5.41, 5.74) is 1.41. The monoisotopic (exact) mass is 432 g/mol. The zero-order valence-corrected chi connectivity index (χ0v) is 18.3. The highest BCUT2D eigenvalue weighted by atomic mass is 16.5. The molecule has 0 spiro atoms. The zero-order valence-electron chi connectivity index (χ0n) is 18.3. The normalized spacial score (nSPS) is 15.2. The number of carbonyl (C=O) groups excluding carboxylic acids is 2. The Morgan fingerprint density at radius 1 is 1.00 bits per heavy atom. The third-order valence-electron chi connectivity index (χ3n) is 5.58. The predicted molar refractivity (Wildman–Crippen MR) is 120 cm³/mol. The van der Waals surface area contributed by atoms with E-state index in [9.17, 15) is 9.59 Å². The van der Waals surface area contributed by atoms with Crippen LogP contribution < -0.4 is 10.6 Å². The average Bonchev–Trinajstić information content (AvgIpc) is 3.55. The molecule has 0 saturated heterocycles. The summed E-state index contributed by atoms with van der Waals surface area (Å²) in [4.78, 5) is 30.3. The Balaban J connectivity index is 1.47. The Labute approximate surface area is 187 Å². The van der Waals surface area contributed by atoms with Crippen molar-refractivity contribution < 1.29 is 14.1 Å². The molecule has 2 aromatic carbocycles. The quantitative estimate of drug-likeness (QED) is 0.525. The molecule has 1 aromatic heterocycles. The molecule has 1 aliphatic carbocycles. The van der Waals surface area contributed by atoms with Crippen molar-refractivity contribution in [3.63, 3.8) is 0 Å². The summed E-state index contributed by atoms with van der Waals surface area (Å²) in [6, 6.07) is 17.6. The maximum absolute atomic E-state index is 13.0. The lowest BCUT2D eigenvalue weighted by molar-refractivity contribution is -0.122. The van der Waals surface area contributed by atoms with E-state index in [0.717, 1.165) is 24.2 Å². The van der Waals surface area contributed by atoms with Gasteiger partial charge in [-0.25, -0.2) is 0 Å². The summed E-state index contributed by atoms with van der Waals surface area (Å²) >= 11 is 0. The summed E-state index contributed by atoms with van der Waals surface area (Å²) in [7, 11) is 0. The number of nitrogens with one attached hydrogen (secondary N) is 2. The van der Waals surface area contributed by atoms with Crippen molar-refractivity contribution >= 4 is 11.8 Å². The molecule has 2 unspecified atom stereocenters. The minimum absolute atomic E-state index is 0.0699. The van der Waals surface area contributed by atoms with Crippen molar-refractivity contribution in [1.29, 1.82) is 0 Å². The molecule has 3 aromatic rings. The molecular formula is C25H28N4O3. The highest BCUT2D eigenvalue weighted by molar-refractivity contribution is 5.94. The number of aromatic nitrogens is 2. The standard InChI is InChI=1S/C25H28N4O3/c1-16(2)22(25-28-23(29-32-25)18-13-14-18)27-21(30)15-20(17-9-5-3-6-10-17)26-24(31)19-11-7-4-8-12-19/h3-12,16,18,20,22H,13-15H2,1-2H3,(H,26,31)(H,27,30). The number of hydrogen-bond acceptors (Lipinski definition) is 5. The molecule has 0 radical (unpaired) electrons. The van der Waals surface area contributed by atoms with E-state index in [2.05, 4.69) is 20.8 Å². The lowest BCUT2D eigenvalue weighted by Crippen LogP contribution is -2.36. The summed E-state index contributed by atoms with van der Waals surface area (Å²) in [5.74, 6) is 1.18. The van der Waals surface area contributed by atoms with Crippen LogP contribution >= 0.6 is 0 Å². The van der Waals surface area contributed by atoms with Gasteiger partial charge in [0.2, 0.25) is 11.8 Å². The molecule has 2 atom stereocenters. The molecule has 0 bridgehead atoms. The number of amides is 2. The van der Waals surface area contributed by atoms with Gasteiger partial charge in [0.15, 0.2) is 5.82 Å². The van der Waals surface area contributed by atoms with Crippen LogP contribution in [0.25, 0.3) is 0 Å². The molecular weight excluding hydrogens is 404 g/mol. The van der Waals surface area contributed by atoms with Gasteiger partial charge in [0.1, 0.15) is 6.04 Å². The highest BCUT2D eigenvalue weighted by Crippen LogP contribution is 2.38. The summed E-state index contributed by atoms with van der Waals surface area (Å²) in [5, 5.41) is 10.1. The fourth-order valence-electron chi connectivity index (χ4n) is 3.58. The van der Waals surface area contributed by atoms with Crippen LogP contribution in [0.1, 0.15) is 78.7 Å². The maximum Gasteiger partial charge on any atom is 0.251 e. The minimum atomic E-state index is -0.471. The van der Waals surface area contributed by atoms with E-state index in [-0.39, 0.29) is 30.2 Å². The fourth-order valence-corrected chi connectivity index (χ4v) is 3.58. The lowest BCUT2D eigenvalue weighted by atomic mass is 10.0. The van der Waals surface area contributed by atoms with Gasteiger partial charge in [-0.3, -0.25) is 9.59 Å². The number of benzene rings is 2. The van der Waals surface area contributed by atoms with Gasteiger partial charge in [0.25, 0.3) is 5.91 Å². The van der Waals surface area contributed by atoms with Crippen LogP contribution in [0.3, 0.4) is 0 Å². The molecule has 166 valence electrons. The van der Waals surface area contributed by atoms with Crippen molar-refractivity contribution in [3.8, 4) is 0 Å². The van der Waals surface area contributed by atoms with Crippen molar-refractivity contribution in [2.75, 3.05) is 0 Å². The Morgan fingerprint density at radius 3 is 2.28 bits per heavy atom. The second-order valence-electron chi connectivity index (χ2n) is 8.56. The second kappa shape index (κ2) is 9.77. The van der Waals surface area contributed by atoms with Gasteiger partial charge in [-0.2, -0.15) is 4.98 Å².